The first kappa shape index (κ1) is 11.5. The zero-order valence-corrected chi connectivity index (χ0v) is 9.31. The number of nitrogens with zero attached hydrogens (tertiary/aromatic N) is 1. The van der Waals surface area contributed by atoms with Gasteiger partial charge < -0.3 is 10.7 Å². The van der Waals surface area contributed by atoms with Crippen molar-refractivity contribution in [2.75, 3.05) is 5.73 Å². The SMILES string of the molecule is Cc1nc2[nH]c(=O)ccc2c(C)c1N.Cl. The molecule has 2 aromatic heterocycles. The summed E-state index contributed by atoms with van der Waals surface area (Å²) in [5.74, 6) is 0. The van der Waals surface area contributed by atoms with Crippen LogP contribution in [0, 0.1) is 13.8 Å². The molecule has 2 rings (SSSR count). The van der Waals surface area contributed by atoms with Crippen molar-refractivity contribution in [1.82, 2.24) is 9.97 Å². The maximum absolute atomic E-state index is 11.1. The van der Waals surface area contributed by atoms with Crippen LogP contribution >= 0.6 is 12.4 Å². The molecule has 0 aliphatic carbocycles. The molecule has 0 saturated carbocycles. The highest BCUT2D eigenvalue weighted by molar-refractivity contribution is 5.85. The lowest BCUT2D eigenvalue weighted by Gasteiger charge is -2.06. The summed E-state index contributed by atoms with van der Waals surface area (Å²) >= 11 is 0. The van der Waals surface area contributed by atoms with Gasteiger partial charge in [-0.1, -0.05) is 0 Å². The van der Waals surface area contributed by atoms with E-state index in [0.717, 1.165) is 16.6 Å². The molecule has 2 aromatic rings. The molecule has 0 amide bonds. The van der Waals surface area contributed by atoms with E-state index < -0.39 is 0 Å². The number of aromatic amines is 1. The topological polar surface area (TPSA) is 71.8 Å². The van der Waals surface area contributed by atoms with E-state index in [0.29, 0.717) is 11.3 Å². The first-order chi connectivity index (χ1) is 6.59. The second-order valence-corrected chi connectivity index (χ2v) is 3.32. The van der Waals surface area contributed by atoms with Crippen molar-refractivity contribution < 1.29 is 0 Å². The smallest absolute Gasteiger partial charge is 0.249 e. The molecule has 0 saturated heterocycles. The minimum Gasteiger partial charge on any atom is -0.397 e. The van der Waals surface area contributed by atoms with E-state index in [4.69, 9.17) is 5.73 Å². The van der Waals surface area contributed by atoms with Gasteiger partial charge in [-0.15, -0.1) is 12.4 Å². The van der Waals surface area contributed by atoms with Crippen LogP contribution in [0.3, 0.4) is 0 Å². The van der Waals surface area contributed by atoms with Crippen LogP contribution in [0.5, 0.6) is 0 Å². The van der Waals surface area contributed by atoms with Crippen molar-refractivity contribution >= 4 is 29.1 Å². The molecule has 4 nitrogen and oxygen atoms in total. The first-order valence-electron chi connectivity index (χ1n) is 4.35. The number of hydrogen-bond acceptors (Lipinski definition) is 3. The van der Waals surface area contributed by atoms with Gasteiger partial charge in [-0.05, 0) is 25.5 Å². The summed E-state index contributed by atoms with van der Waals surface area (Å²) < 4.78 is 0. The van der Waals surface area contributed by atoms with Crippen molar-refractivity contribution in [3.63, 3.8) is 0 Å². The third kappa shape index (κ3) is 1.80. The highest BCUT2D eigenvalue weighted by atomic mass is 35.5. The van der Waals surface area contributed by atoms with Gasteiger partial charge in [0.25, 0.3) is 0 Å². The van der Waals surface area contributed by atoms with E-state index in [1.165, 1.54) is 6.07 Å². The fraction of sp³-hybridized carbons (Fsp3) is 0.200. The number of pyridine rings is 2. The van der Waals surface area contributed by atoms with Crippen molar-refractivity contribution in [2.24, 2.45) is 0 Å². The van der Waals surface area contributed by atoms with Crippen LogP contribution in [0.4, 0.5) is 5.69 Å². The molecule has 0 spiro atoms. The maximum atomic E-state index is 11.1. The molecule has 0 atom stereocenters. The van der Waals surface area contributed by atoms with E-state index in [1.807, 2.05) is 13.8 Å². The number of nitrogens with one attached hydrogen (secondary N) is 1. The number of H-pyrrole nitrogens is 1. The van der Waals surface area contributed by atoms with Gasteiger partial charge in [0.05, 0.1) is 11.4 Å². The van der Waals surface area contributed by atoms with Gasteiger partial charge >= 0.3 is 0 Å². The fourth-order valence-electron chi connectivity index (χ4n) is 1.50. The second-order valence-electron chi connectivity index (χ2n) is 3.32. The van der Waals surface area contributed by atoms with Crippen molar-refractivity contribution in [2.45, 2.75) is 13.8 Å². The third-order valence-electron chi connectivity index (χ3n) is 2.38. The largest absolute Gasteiger partial charge is 0.397 e. The predicted octanol–water partition coefficient (Wildman–Crippen LogP) is 1.54. The quantitative estimate of drug-likeness (QED) is 0.715. The van der Waals surface area contributed by atoms with Crippen molar-refractivity contribution in [3.8, 4) is 0 Å². The number of anilines is 1. The number of hydrogen-bond donors (Lipinski definition) is 2. The van der Waals surface area contributed by atoms with Gasteiger partial charge in [-0.25, -0.2) is 4.98 Å². The van der Waals surface area contributed by atoms with E-state index in [9.17, 15) is 4.79 Å². The van der Waals surface area contributed by atoms with Crippen LogP contribution in [-0.4, -0.2) is 9.97 Å². The lowest BCUT2D eigenvalue weighted by atomic mass is 10.1. The van der Waals surface area contributed by atoms with Crippen LogP contribution in [0.25, 0.3) is 11.0 Å². The van der Waals surface area contributed by atoms with Gasteiger partial charge in [-0.2, -0.15) is 0 Å². The zero-order chi connectivity index (χ0) is 10.3. The molecular formula is C10H12ClN3O. The Morgan fingerprint density at radius 3 is 2.67 bits per heavy atom. The maximum Gasteiger partial charge on any atom is 0.249 e. The Hall–Kier alpha value is -1.55. The summed E-state index contributed by atoms with van der Waals surface area (Å²) in [5, 5.41) is 0.896. The summed E-state index contributed by atoms with van der Waals surface area (Å²) in [6.07, 6.45) is 0. The number of nitrogen functional groups attached to an aromatic ring is 1. The predicted molar refractivity (Wildman–Crippen MR) is 63.5 cm³/mol. The van der Waals surface area contributed by atoms with Gasteiger partial charge in [0.1, 0.15) is 5.65 Å². The number of aryl methyl sites for hydroxylation is 2. The number of nitrogens with two attached hydrogens (primary N) is 1. The van der Waals surface area contributed by atoms with Crippen LogP contribution in [0.2, 0.25) is 0 Å². The normalized spacial score (nSPS) is 10.0. The Labute approximate surface area is 92.9 Å². The van der Waals surface area contributed by atoms with Crippen LogP contribution in [0.1, 0.15) is 11.3 Å². The monoisotopic (exact) mass is 225 g/mol. The molecule has 5 heteroatoms. The van der Waals surface area contributed by atoms with Gasteiger partial charge in [0.15, 0.2) is 0 Å². The number of fused-ring (bicyclic) bond motifs is 1. The molecule has 0 bridgehead atoms. The molecule has 0 aromatic carbocycles. The lowest BCUT2D eigenvalue weighted by molar-refractivity contribution is 1.17. The van der Waals surface area contributed by atoms with E-state index in [1.54, 1.807) is 6.07 Å². The summed E-state index contributed by atoms with van der Waals surface area (Å²) in [5.41, 5.74) is 8.68. The molecular weight excluding hydrogens is 214 g/mol. The fourth-order valence-corrected chi connectivity index (χ4v) is 1.50. The minimum atomic E-state index is -0.145. The summed E-state index contributed by atoms with van der Waals surface area (Å²) in [7, 11) is 0. The highest BCUT2D eigenvalue weighted by Gasteiger charge is 2.05. The van der Waals surface area contributed by atoms with Gasteiger partial charge in [0.2, 0.25) is 5.56 Å². The molecule has 2 heterocycles. The first-order valence-corrected chi connectivity index (χ1v) is 4.35. The molecule has 0 radical (unpaired) electrons. The lowest BCUT2D eigenvalue weighted by Crippen LogP contribution is -2.06. The standard InChI is InChI=1S/C10H11N3O.ClH/c1-5-7-3-4-8(14)13-10(7)12-6(2)9(5)11;/h3-4H,11H2,1-2H3,(H,12,13,14);1H. The Bertz CT molecular complexity index is 562. The van der Waals surface area contributed by atoms with Crippen LogP contribution in [0.15, 0.2) is 16.9 Å². The van der Waals surface area contributed by atoms with E-state index >= 15 is 0 Å². The number of aromatic nitrogens is 2. The zero-order valence-electron chi connectivity index (χ0n) is 8.50. The van der Waals surface area contributed by atoms with Gasteiger partial charge in [-0.3, -0.25) is 4.79 Å². The summed E-state index contributed by atoms with van der Waals surface area (Å²) in [6, 6.07) is 3.22. The summed E-state index contributed by atoms with van der Waals surface area (Å²) in [4.78, 5) is 18.0. The average molecular weight is 226 g/mol. The Morgan fingerprint density at radius 1 is 1.33 bits per heavy atom. The molecule has 0 aliphatic rings. The van der Waals surface area contributed by atoms with Crippen molar-refractivity contribution in [3.05, 3.63) is 33.7 Å². The van der Waals surface area contributed by atoms with Crippen molar-refractivity contribution in [1.29, 1.82) is 0 Å². The second kappa shape index (κ2) is 3.90. The highest BCUT2D eigenvalue weighted by Crippen LogP contribution is 2.21. The number of rotatable bonds is 0. The Kier molecular flexibility index (Phi) is 3.00. The van der Waals surface area contributed by atoms with Crippen LogP contribution in [-0.2, 0) is 0 Å². The molecule has 0 aliphatic heterocycles. The van der Waals surface area contributed by atoms with E-state index in [-0.39, 0.29) is 18.0 Å². The number of halogens is 1. The minimum absolute atomic E-state index is 0. The molecule has 80 valence electrons. The average Bonchev–Trinajstić information content (AvgIpc) is 2.14. The summed E-state index contributed by atoms with van der Waals surface area (Å²) in [6.45, 7) is 3.75. The Morgan fingerprint density at radius 2 is 2.00 bits per heavy atom. The molecule has 3 N–H and O–H groups in total. The molecule has 0 fully saturated rings. The third-order valence-corrected chi connectivity index (χ3v) is 2.38. The molecule has 15 heavy (non-hydrogen) atoms. The van der Waals surface area contributed by atoms with E-state index in [2.05, 4.69) is 9.97 Å². The molecule has 0 unspecified atom stereocenters. The van der Waals surface area contributed by atoms with Crippen LogP contribution < -0.4 is 11.3 Å². The van der Waals surface area contributed by atoms with Gasteiger partial charge in [0, 0.05) is 11.5 Å². The Balaban J connectivity index is 0.00000112.